The third kappa shape index (κ3) is 3.04. The minimum absolute atomic E-state index is 0.0636. The largest absolute Gasteiger partial charge is 0.337 e. The first kappa shape index (κ1) is 15.9. The maximum absolute atomic E-state index is 13.2. The first-order valence-corrected chi connectivity index (χ1v) is 8.80. The first-order valence-electron chi connectivity index (χ1n) is 8.80. The van der Waals surface area contributed by atoms with Gasteiger partial charge >= 0.3 is 0 Å². The molecule has 6 heteroatoms. The standard InChI is InChI=1S/C19H22N4O2/c1-13-10-20-22(11-13)12-14-5-4-8-23(14)19(25)16-9-18(24)21-17-7-3-2-6-15(16)17/h2-3,6-7,10-11,14,16H,4-5,8-9,12H2,1H3,(H,21,24)/t14-,16-/m0/s1. The second-order valence-corrected chi connectivity index (χ2v) is 6.96. The lowest BCUT2D eigenvalue weighted by atomic mass is 9.89. The van der Waals surface area contributed by atoms with Crippen molar-refractivity contribution in [3.63, 3.8) is 0 Å². The molecule has 0 bridgehead atoms. The van der Waals surface area contributed by atoms with Gasteiger partial charge in [0.25, 0.3) is 0 Å². The second kappa shape index (κ2) is 6.35. The average molecular weight is 338 g/mol. The Bertz CT molecular complexity index is 813. The van der Waals surface area contributed by atoms with Crippen LogP contribution < -0.4 is 5.32 Å². The van der Waals surface area contributed by atoms with Gasteiger partial charge in [0.15, 0.2) is 0 Å². The van der Waals surface area contributed by atoms with Crippen LogP contribution in [0, 0.1) is 6.92 Å². The van der Waals surface area contributed by atoms with E-state index in [0.29, 0.717) is 6.54 Å². The first-order chi connectivity index (χ1) is 12.1. The lowest BCUT2D eigenvalue weighted by Gasteiger charge is -2.31. The molecule has 1 N–H and O–H groups in total. The molecule has 0 saturated carbocycles. The molecule has 2 aliphatic heterocycles. The number of fused-ring (bicyclic) bond motifs is 1. The van der Waals surface area contributed by atoms with Gasteiger partial charge in [-0.3, -0.25) is 14.3 Å². The summed E-state index contributed by atoms with van der Waals surface area (Å²) in [6.45, 7) is 3.48. The summed E-state index contributed by atoms with van der Waals surface area (Å²) in [5.74, 6) is -0.408. The number of hydrogen-bond acceptors (Lipinski definition) is 3. The highest BCUT2D eigenvalue weighted by Crippen LogP contribution is 2.35. The van der Waals surface area contributed by atoms with E-state index in [1.807, 2.05) is 53.2 Å². The Balaban J connectivity index is 1.56. The smallest absolute Gasteiger partial charge is 0.231 e. The van der Waals surface area contributed by atoms with Gasteiger partial charge in [-0.1, -0.05) is 18.2 Å². The van der Waals surface area contributed by atoms with Crippen LogP contribution in [0.3, 0.4) is 0 Å². The number of anilines is 1. The number of nitrogens with zero attached hydrogens (tertiary/aromatic N) is 3. The van der Waals surface area contributed by atoms with Gasteiger partial charge in [0.2, 0.25) is 11.8 Å². The van der Waals surface area contributed by atoms with Crippen LogP contribution in [0.5, 0.6) is 0 Å². The molecular formula is C19H22N4O2. The molecule has 2 atom stereocenters. The highest BCUT2D eigenvalue weighted by Gasteiger charge is 2.37. The number of amides is 2. The zero-order chi connectivity index (χ0) is 17.4. The highest BCUT2D eigenvalue weighted by molar-refractivity contribution is 6.01. The molecule has 0 unspecified atom stereocenters. The van der Waals surface area contributed by atoms with E-state index in [2.05, 4.69) is 10.4 Å². The summed E-state index contributed by atoms with van der Waals surface area (Å²) in [6.07, 6.45) is 6.04. The van der Waals surface area contributed by atoms with Crippen LogP contribution in [-0.2, 0) is 16.1 Å². The van der Waals surface area contributed by atoms with Crippen LogP contribution in [0.4, 0.5) is 5.69 Å². The summed E-state index contributed by atoms with van der Waals surface area (Å²) in [5.41, 5.74) is 2.80. The van der Waals surface area contributed by atoms with Gasteiger partial charge in [-0.05, 0) is 37.0 Å². The summed E-state index contributed by atoms with van der Waals surface area (Å²) in [4.78, 5) is 27.2. The normalized spacial score (nSPS) is 22.6. The number of carbonyl (C=O) groups excluding carboxylic acids is 2. The number of aromatic nitrogens is 2. The zero-order valence-corrected chi connectivity index (χ0v) is 14.3. The molecule has 0 aliphatic carbocycles. The van der Waals surface area contributed by atoms with Gasteiger partial charge in [0.05, 0.1) is 24.7 Å². The van der Waals surface area contributed by atoms with Crippen molar-refractivity contribution in [1.82, 2.24) is 14.7 Å². The van der Waals surface area contributed by atoms with E-state index in [4.69, 9.17) is 0 Å². The third-order valence-electron chi connectivity index (χ3n) is 5.12. The van der Waals surface area contributed by atoms with Gasteiger partial charge < -0.3 is 10.2 Å². The Morgan fingerprint density at radius 2 is 2.20 bits per heavy atom. The predicted molar refractivity (Wildman–Crippen MR) is 94.1 cm³/mol. The van der Waals surface area contributed by atoms with Crippen LogP contribution in [0.15, 0.2) is 36.7 Å². The number of hydrogen-bond donors (Lipinski definition) is 1. The molecule has 1 fully saturated rings. The van der Waals surface area contributed by atoms with Crippen molar-refractivity contribution in [2.45, 2.75) is 44.7 Å². The third-order valence-corrected chi connectivity index (χ3v) is 5.12. The van der Waals surface area contributed by atoms with Gasteiger partial charge in [0.1, 0.15) is 0 Å². The minimum Gasteiger partial charge on any atom is -0.337 e. The number of benzene rings is 1. The van der Waals surface area contributed by atoms with Crippen LogP contribution in [0.2, 0.25) is 0 Å². The molecule has 6 nitrogen and oxygen atoms in total. The van der Waals surface area contributed by atoms with E-state index < -0.39 is 0 Å². The van der Waals surface area contributed by atoms with E-state index in [1.54, 1.807) is 0 Å². The summed E-state index contributed by atoms with van der Waals surface area (Å²) >= 11 is 0. The van der Waals surface area contributed by atoms with Crippen molar-refractivity contribution in [2.75, 3.05) is 11.9 Å². The fraction of sp³-hybridized carbons (Fsp3) is 0.421. The Morgan fingerprint density at radius 3 is 3.00 bits per heavy atom. The van der Waals surface area contributed by atoms with E-state index in [0.717, 1.165) is 36.2 Å². The van der Waals surface area contributed by atoms with Crippen molar-refractivity contribution in [3.05, 3.63) is 47.8 Å². The maximum atomic E-state index is 13.2. The average Bonchev–Trinajstić information content (AvgIpc) is 3.22. The summed E-state index contributed by atoms with van der Waals surface area (Å²) in [5, 5.41) is 7.21. The number of aryl methyl sites for hydroxylation is 1. The molecule has 130 valence electrons. The number of likely N-dealkylation sites (tertiary alicyclic amines) is 1. The molecule has 2 amide bonds. The number of nitrogens with one attached hydrogen (secondary N) is 1. The van der Waals surface area contributed by atoms with Crippen molar-refractivity contribution < 1.29 is 9.59 Å². The molecule has 1 saturated heterocycles. The Morgan fingerprint density at radius 1 is 1.36 bits per heavy atom. The number of carbonyl (C=O) groups is 2. The Hall–Kier alpha value is -2.63. The van der Waals surface area contributed by atoms with Crippen LogP contribution >= 0.6 is 0 Å². The minimum atomic E-state index is -0.384. The summed E-state index contributed by atoms with van der Waals surface area (Å²) in [7, 11) is 0. The molecule has 3 heterocycles. The molecule has 1 aromatic heterocycles. The highest BCUT2D eigenvalue weighted by atomic mass is 16.2. The predicted octanol–water partition coefficient (Wildman–Crippen LogP) is 2.31. The topological polar surface area (TPSA) is 67.2 Å². The van der Waals surface area contributed by atoms with Crippen LogP contribution in [-0.4, -0.2) is 39.1 Å². The lowest BCUT2D eigenvalue weighted by molar-refractivity contribution is -0.136. The molecule has 4 rings (SSSR count). The van der Waals surface area contributed by atoms with Gasteiger partial charge in [0, 0.05) is 24.8 Å². The van der Waals surface area contributed by atoms with E-state index in [-0.39, 0.29) is 30.2 Å². The number of rotatable bonds is 3. The lowest BCUT2D eigenvalue weighted by Crippen LogP contribution is -2.42. The second-order valence-electron chi connectivity index (χ2n) is 6.96. The zero-order valence-electron chi connectivity index (χ0n) is 14.3. The van der Waals surface area contributed by atoms with Crippen molar-refractivity contribution in [1.29, 1.82) is 0 Å². The monoisotopic (exact) mass is 338 g/mol. The van der Waals surface area contributed by atoms with E-state index in [1.165, 1.54) is 0 Å². The van der Waals surface area contributed by atoms with Gasteiger partial charge in [-0.15, -0.1) is 0 Å². The van der Waals surface area contributed by atoms with E-state index >= 15 is 0 Å². The summed E-state index contributed by atoms with van der Waals surface area (Å²) in [6, 6.07) is 7.75. The quantitative estimate of drug-likeness (QED) is 0.934. The molecule has 1 aromatic carbocycles. The van der Waals surface area contributed by atoms with Gasteiger partial charge in [-0.2, -0.15) is 5.10 Å². The Labute approximate surface area is 146 Å². The Kier molecular flexibility index (Phi) is 4.03. The molecule has 0 spiro atoms. The van der Waals surface area contributed by atoms with Crippen molar-refractivity contribution in [3.8, 4) is 0 Å². The SMILES string of the molecule is Cc1cnn(C[C@@H]2CCCN2C(=O)[C@H]2CC(=O)Nc3ccccc32)c1. The van der Waals surface area contributed by atoms with Crippen molar-refractivity contribution in [2.24, 2.45) is 0 Å². The van der Waals surface area contributed by atoms with Crippen LogP contribution in [0.25, 0.3) is 0 Å². The molecule has 2 aliphatic rings. The molecule has 0 radical (unpaired) electrons. The van der Waals surface area contributed by atoms with E-state index in [9.17, 15) is 9.59 Å². The van der Waals surface area contributed by atoms with Gasteiger partial charge in [-0.25, -0.2) is 0 Å². The maximum Gasteiger partial charge on any atom is 0.231 e. The van der Waals surface area contributed by atoms with Crippen molar-refractivity contribution >= 4 is 17.5 Å². The molecule has 2 aromatic rings. The molecular weight excluding hydrogens is 316 g/mol. The van der Waals surface area contributed by atoms with Crippen LogP contribution in [0.1, 0.15) is 36.3 Å². The fourth-order valence-electron chi connectivity index (χ4n) is 3.93. The molecule has 25 heavy (non-hydrogen) atoms. The number of para-hydroxylation sites is 1. The summed E-state index contributed by atoms with van der Waals surface area (Å²) < 4.78 is 1.91. The fourth-order valence-corrected chi connectivity index (χ4v) is 3.93.